The van der Waals surface area contributed by atoms with E-state index in [4.69, 9.17) is 4.74 Å². The Morgan fingerprint density at radius 3 is 2.45 bits per heavy atom. The number of likely N-dealkylation sites (tertiary alicyclic amines) is 1. The monoisotopic (exact) mass is 399 g/mol. The van der Waals surface area contributed by atoms with Crippen LogP contribution in [0.25, 0.3) is 11.0 Å². The summed E-state index contributed by atoms with van der Waals surface area (Å²) in [7, 11) is 0. The molecule has 29 heavy (non-hydrogen) atoms. The van der Waals surface area contributed by atoms with E-state index in [0.29, 0.717) is 13.0 Å². The number of fused-ring (bicyclic) bond motifs is 2. The van der Waals surface area contributed by atoms with Crippen LogP contribution in [0.3, 0.4) is 0 Å². The molecule has 0 spiro atoms. The van der Waals surface area contributed by atoms with Gasteiger partial charge in [0.05, 0.1) is 35.9 Å². The van der Waals surface area contributed by atoms with Crippen molar-refractivity contribution < 1.29 is 19.1 Å². The SMILES string of the molecule is O=C(CCN1C(=O)[C@H]2CCCC[C@@H]2C1=O)OCCCn1c(=O)[nH]c2ccccc21. The third kappa shape index (κ3) is 3.83. The second-order valence-electron chi connectivity index (χ2n) is 7.75. The van der Waals surface area contributed by atoms with Crippen molar-refractivity contribution in [3.05, 3.63) is 34.7 Å². The first-order valence-electron chi connectivity index (χ1n) is 10.2. The van der Waals surface area contributed by atoms with Crippen molar-refractivity contribution in [2.45, 2.75) is 45.1 Å². The van der Waals surface area contributed by atoms with Gasteiger partial charge in [0.2, 0.25) is 11.8 Å². The molecular formula is C21H25N3O5. The maximum Gasteiger partial charge on any atom is 0.326 e. The Morgan fingerprint density at radius 2 is 1.72 bits per heavy atom. The first kappa shape index (κ1) is 19.4. The zero-order valence-electron chi connectivity index (χ0n) is 16.3. The molecule has 1 aromatic carbocycles. The summed E-state index contributed by atoms with van der Waals surface area (Å²) in [6.45, 7) is 0.700. The van der Waals surface area contributed by atoms with Gasteiger partial charge < -0.3 is 9.72 Å². The molecule has 154 valence electrons. The highest BCUT2D eigenvalue weighted by Gasteiger charge is 2.47. The van der Waals surface area contributed by atoms with Crippen molar-refractivity contribution in [3.63, 3.8) is 0 Å². The average Bonchev–Trinajstić information content (AvgIpc) is 3.17. The summed E-state index contributed by atoms with van der Waals surface area (Å²) in [6, 6.07) is 7.42. The number of aromatic nitrogens is 2. The van der Waals surface area contributed by atoms with E-state index in [1.807, 2.05) is 24.3 Å². The molecule has 1 saturated carbocycles. The number of imidazole rings is 1. The minimum Gasteiger partial charge on any atom is -0.466 e. The molecule has 2 aromatic rings. The van der Waals surface area contributed by atoms with E-state index in [1.54, 1.807) is 4.57 Å². The van der Waals surface area contributed by atoms with E-state index < -0.39 is 5.97 Å². The van der Waals surface area contributed by atoms with E-state index in [9.17, 15) is 19.2 Å². The van der Waals surface area contributed by atoms with Gasteiger partial charge >= 0.3 is 11.7 Å². The molecule has 1 aliphatic carbocycles. The first-order chi connectivity index (χ1) is 14.1. The van der Waals surface area contributed by atoms with Crippen molar-refractivity contribution in [2.24, 2.45) is 11.8 Å². The van der Waals surface area contributed by atoms with Crippen molar-refractivity contribution >= 4 is 28.8 Å². The van der Waals surface area contributed by atoms with Crippen LogP contribution in [-0.2, 0) is 25.7 Å². The normalized spacial score (nSPS) is 21.6. The van der Waals surface area contributed by atoms with Gasteiger partial charge in [0, 0.05) is 13.1 Å². The lowest BCUT2D eigenvalue weighted by Crippen LogP contribution is -2.33. The largest absolute Gasteiger partial charge is 0.466 e. The van der Waals surface area contributed by atoms with E-state index in [0.717, 1.165) is 36.7 Å². The van der Waals surface area contributed by atoms with Crippen LogP contribution in [0.2, 0.25) is 0 Å². The van der Waals surface area contributed by atoms with Crippen molar-refractivity contribution in [1.82, 2.24) is 14.5 Å². The lowest BCUT2D eigenvalue weighted by Gasteiger charge is -2.19. The van der Waals surface area contributed by atoms with E-state index >= 15 is 0 Å². The Morgan fingerprint density at radius 1 is 1.03 bits per heavy atom. The molecule has 8 heteroatoms. The Balaban J connectivity index is 1.22. The minimum atomic E-state index is -0.438. The van der Waals surface area contributed by atoms with Gasteiger partial charge in [-0.25, -0.2) is 4.79 Å². The summed E-state index contributed by atoms with van der Waals surface area (Å²) in [6.07, 6.45) is 4.00. The highest BCUT2D eigenvalue weighted by Crippen LogP contribution is 2.37. The van der Waals surface area contributed by atoms with Gasteiger partial charge in [-0.15, -0.1) is 0 Å². The molecule has 0 unspecified atom stereocenters. The van der Waals surface area contributed by atoms with Crippen LogP contribution in [-0.4, -0.2) is 45.4 Å². The molecule has 1 N–H and O–H groups in total. The average molecular weight is 399 g/mol. The van der Waals surface area contributed by atoms with Gasteiger partial charge in [0.15, 0.2) is 0 Å². The molecule has 2 amide bonds. The zero-order valence-corrected chi connectivity index (χ0v) is 16.3. The number of aryl methyl sites for hydroxylation is 1. The standard InChI is InChI=1S/C21H25N3O5/c25-18(10-12-24-19(26)14-6-1-2-7-15(14)20(24)27)29-13-5-11-23-17-9-4-3-8-16(17)22-21(23)28/h3-4,8-9,14-15H,1-2,5-7,10-13H2,(H,22,28)/t14-,15-/m0/s1. The number of nitrogens with zero attached hydrogens (tertiary/aromatic N) is 2. The minimum absolute atomic E-state index is 0.00392. The number of hydrogen-bond acceptors (Lipinski definition) is 5. The smallest absolute Gasteiger partial charge is 0.326 e. The number of nitrogens with one attached hydrogen (secondary N) is 1. The van der Waals surface area contributed by atoms with Gasteiger partial charge in [0.1, 0.15) is 0 Å². The number of rotatable bonds is 7. The van der Waals surface area contributed by atoms with Crippen LogP contribution in [0.5, 0.6) is 0 Å². The van der Waals surface area contributed by atoms with Crippen molar-refractivity contribution in [2.75, 3.05) is 13.2 Å². The molecule has 0 bridgehead atoms. The van der Waals surface area contributed by atoms with Crippen molar-refractivity contribution in [3.8, 4) is 0 Å². The molecule has 8 nitrogen and oxygen atoms in total. The summed E-state index contributed by atoms with van der Waals surface area (Å²) in [5.74, 6) is -1.09. The fourth-order valence-corrected chi connectivity index (χ4v) is 4.46. The molecule has 1 aromatic heterocycles. The highest BCUT2D eigenvalue weighted by molar-refractivity contribution is 6.05. The molecule has 4 rings (SSSR count). The zero-order chi connectivity index (χ0) is 20.4. The molecule has 2 atom stereocenters. The molecule has 2 fully saturated rings. The maximum absolute atomic E-state index is 12.4. The number of para-hydroxylation sites is 2. The van der Waals surface area contributed by atoms with Crippen molar-refractivity contribution in [1.29, 1.82) is 0 Å². The number of esters is 1. The summed E-state index contributed by atoms with van der Waals surface area (Å²) in [5.41, 5.74) is 1.40. The predicted molar refractivity (Wildman–Crippen MR) is 105 cm³/mol. The number of aromatic amines is 1. The number of carbonyl (C=O) groups excluding carboxylic acids is 3. The number of hydrogen-bond donors (Lipinski definition) is 1. The molecule has 1 saturated heterocycles. The lowest BCUT2D eigenvalue weighted by atomic mass is 9.81. The second-order valence-corrected chi connectivity index (χ2v) is 7.75. The number of imide groups is 1. The molecule has 0 radical (unpaired) electrons. The number of benzene rings is 1. The Kier molecular flexibility index (Phi) is 5.51. The molecule has 2 aliphatic rings. The molecule has 1 aliphatic heterocycles. The number of amides is 2. The van der Waals surface area contributed by atoms with Gasteiger partial charge in [-0.1, -0.05) is 25.0 Å². The second kappa shape index (κ2) is 8.23. The Hall–Kier alpha value is -2.90. The third-order valence-corrected chi connectivity index (χ3v) is 5.94. The number of carbonyl (C=O) groups is 3. The van der Waals surface area contributed by atoms with Crippen LogP contribution in [0.4, 0.5) is 0 Å². The van der Waals surface area contributed by atoms with Gasteiger partial charge in [0.25, 0.3) is 0 Å². The fraction of sp³-hybridized carbons (Fsp3) is 0.524. The first-order valence-corrected chi connectivity index (χ1v) is 10.2. The van der Waals surface area contributed by atoms with Gasteiger partial charge in [-0.05, 0) is 31.4 Å². The quantitative estimate of drug-likeness (QED) is 0.435. The van der Waals surface area contributed by atoms with Crippen LogP contribution < -0.4 is 5.69 Å². The van der Waals surface area contributed by atoms with Crippen LogP contribution >= 0.6 is 0 Å². The summed E-state index contributed by atoms with van der Waals surface area (Å²) in [4.78, 5) is 52.9. The van der Waals surface area contributed by atoms with E-state index in [2.05, 4.69) is 4.98 Å². The number of H-pyrrole nitrogens is 1. The van der Waals surface area contributed by atoms with E-state index in [1.165, 1.54) is 4.90 Å². The third-order valence-electron chi connectivity index (χ3n) is 5.94. The van der Waals surface area contributed by atoms with E-state index in [-0.39, 0.29) is 48.9 Å². The lowest BCUT2D eigenvalue weighted by molar-refractivity contribution is -0.145. The van der Waals surface area contributed by atoms with Crippen LogP contribution in [0.15, 0.2) is 29.1 Å². The molecule has 2 heterocycles. The predicted octanol–water partition coefficient (Wildman–Crippen LogP) is 1.83. The maximum atomic E-state index is 12.4. The number of ether oxygens (including phenoxy) is 1. The Labute approximate surface area is 167 Å². The summed E-state index contributed by atoms with van der Waals surface area (Å²) < 4.78 is 6.84. The van der Waals surface area contributed by atoms with Crippen LogP contribution in [0, 0.1) is 11.8 Å². The topological polar surface area (TPSA) is 101 Å². The highest BCUT2D eigenvalue weighted by atomic mass is 16.5. The molecular weight excluding hydrogens is 374 g/mol. The summed E-state index contributed by atoms with van der Waals surface area (Å²) >= 11 is 0. The fourth-order valence-electron chi connectivity index (χ4n) is 4.46. The van der Waals surface area contributed by atoms with Crippen LogP contribution in [0.1, 0.15) is 38.5 Å². The Bertz CT molecular complexity index is 968. The van der Waals surface area contributed by atoms with Gasteiger partial charge in [-0.3, -0.25) is 23.9 Å². The van der Waals surface area contributed by atoms with Gasteiger partial charge in [-0.2, -0.15) is 0 Å². The summed E-state index contributed by atoms with van der Waals surface area (Å²) in [5, 5.41) is 0.